The number of phenolic OH excluding ortho intramolecular Hbond substituents is 1. The lowest BCUT2D eigenvalue weighted by atomic mass is 10.1. The van der Waals surface area contributed by atoms with Crippen molar-refractivity contribution < 1.29 is 22.5 Å². The van der Waals surface area contributed by atoms with Crippen LogP contribution in [0.3, 0.4) is 0 Å². The van der Waals surface area contributed by atoms with E-state index < -0.39 is 0 Å². The Kier molecular flexibility index (Phi) is 4.43. The molecular weight excluding hydrogens is 302 g/mol. The lowest BCUT2D eigenvalue weighted by Crippen LogP contribution is -3.00. The highest BCUT2D eigenvalue weighted by molar-refractivity contribution is 5.97. The number of guanidine groups is 1. The Morgan fingerprint density at radius 1 is 0.955 bits per heavy atom. The molecule has 1 heterocycles. The van der Waals surface area contributed by atoms with Gasteiger partial charge in [0, 0.05) is 5.56 Å². The highest BCUT2D eigenvalue weighted by Gasteiger charge is 2.16. The number of aromatic hydroxyl groups is 1. The van der Waals surface area contributed by atoms with Gasteiger partial charge in [-0.05, 0) is 12.1 Å². The van der Waals surface area contributed by atoms with Gasteiger partial charge in [0.15, 0.2) is 0 Å². The molecule has 0 aliphatic carbocycles. The molecule has 112 valence electrons. The summed E-state index contributed by atoms with van der Waals surface area (Å²) in [4.78, 5) is 11.4. The van der Waals surface area contributed by atoms with Gasteiger partial charge >= 0.3 is 5.95 Å². The van der Waals surface area contributed by atoms with Crippen molar-refractivity contribution in [1.82, 2.24) is 9.97 Å². The van der Waals surface area contributed by atoms with Gasteiger partial charge in [-0.3, -0.25) is 0 Å². The van der Waals surface area contributed by atoms with Crippen LogP contribution in [0.15, 0.2) is 48.5 Å². The van der Waals surface area contributed by atoms with Crippen LogP contribution in [-0.4, -0.2) is 21.0 Å². The molecule has 2 aromatic carbocycles. The van der Waals surface area contributed by atoms with Crippen molar-refractivity contribution in [1.29, 1.82) is 0 Å². The number of rotatable bonds is 2. The van der Waals surface area contributed by atoms with E-state index in [4.69, 9.17) is 11.5 Å². The number of halogens is 1. The predicted octanol–water partition coefficient (Wildman–Crippen LogP) is -3.01. The van der Waals surface area contributed by atoms with Crippen molar-refractivity contribution in [3.63, 3.8) is 0 Å². The van der Waals surface area contributed by atoms with Crippen molar-refractivity contribution in [3.05, 3.63) is 48.5 Å². The van der Waals surface area contributed by atoms with Crippen LogP contribution in [0.1, 0.15) is 0 Å². The fraction of sp³-hybridized carbons (Fsp3) is 0. The zero-order valence-corrected chi connectivity index (χ0v) is 12.2. The van der Waals surface area contributed by atoms with Crippen LogP contribution in [0.25, 0.3) is 22.2 Å². The number of nitrogens with two attached hydrogens (primary N) is 2. The highest BCUT2D eigenvalue weighted by atomic mass is 35.5. The molecule has 0 saturated carbocycles. The van der Waals surface area contributed by atoms with Crippen LogP contribution in [0.5, 0.6) is 5.75 Å². The van der Waals surface area contributed by atoms with Gasteiger partial charge in [-0.15, -0.1) is 9.97 Å². The van der Waals surface area contributed by atoms with E-state index in [1.807, 2.05) is 30.3 Å². The minimum atomic E-state index is 0. The summed E-state index contributed by atoms with van der Waals surface area (Å²) in [5.41, 5.74) is 13.0. The van der Waals surface area contributed by atoms with Crippen molar-refractivity contribution >= 4 is 22.8 Å². The first-order valence-corrected chi connectivity index (χ1v) is 6.35. The fourth-order valence-corrected chi connectivity index (χ4v) is 2.15. The average molecular weight is 316 g/mol. The molecular formula is C15H14ClN5O. The first-order chi connectivity index (χ1) is 10.1. The summed E-state index contributed by atoms with van der Waals surface area (Å²) in [6.07, 6.45) is 0. The maximum absolute atomic E-state index is 10.1. The molecule has 0 radical (unpaired) electrons. The molecule has 0 aliphatic heterocycles. The molecule has 0 unspecified atom stereocenters. The molecule has 22 heavy (non-hydrogen) atoms. The van der Waals surface area contributed by atoms with E-state index >= 15 is 0 Å². The minimum absolute atomic E-state index is 0. The predicted molar refractivity (Wildman–Crippen MR) is 80.6 cm³/mol. The summed E-state index contributed by atoms with van der Waals surface area (Å²) in [7, 11) is 0. The van der Waals surface area contributed by atoms with Crippen LogP contribution >= 0.6 is 0 Å². The van der Waals surface area contributed by atoms with Gasteiger partial charge in [-0.2, -0.15) is 0 Å². The van der Waals surface area contributed by atoms with Gasteiger partial charge in [-0.1, -0.05) is 36.4 Å². The third kappa shape index (κ3) is 2.91. The number of hydrogen-bond donors (Lipinski definition) is 4. The van der Waals surface area contributed by atoms with Crippen LogP contribution in [0.4, 0.5) is 5.95 Å². The van der Waals surface area contributed by atoms with Crippen LogP contribution in [0, 0.1) is 0 Å². The van der Waals surface area contributed by atoms with E-state index in [1.54, 1.807) is 18.2 Å². The molecule has 7 heteroatoms. The Hall–Kier alpha value is -2.86. The van der Waals surface area contributed by atoms with Gasteiger partial charge < -0.3 is 29.0 Å². The van der Waals surface area contributed by atoms with Crippen molar-refractivity contribution in [2.75, 3.05) is 0 Å². The third-order valence-corrected chi connectivity index (χ3v) is 3.00. The Bertz CT molecular complexity index is 832. The summed E-state index contributed by atoms with van der Waals surface area (Å²) in [6, 6.07) is 14.7. The van der Waals surface area contributed by atoms with Gasteiger partial charge in [-0.25, -0.2) is 4.99 Å². The van der Waals surface area contributed by atoms with Gasteiger partial charge in [0.25, 0.3) is 5.96 Å². The molecule has 1 aromatic heterocycles. The van der Waals surface area contributed by atoms with E-state index in [-0.39, 0.29) is 30.1 Å². The number of fused-ring (bicyclic) bond motifs is 1. The molecule has 6 nitrogen and oxygen atoms in total. The summed E-state index contributed by atoms with van der Waals surface area (Å²) in [6.45, 7) is 0. The van der Waals surface area contributed by atoms with Crippen molar-refractivity contribution in [2.45, 2.75) is 0 Å². The van der Waals surface area contributed by atoms with E-state index in [9.17, 15) is 5.11 Å². The lowest BCUT2D eigenvalue weighted by molar-refractivity contribution is -0.366. The standard InChI is InChI=1S/C15H13N5O.ClH/c16-14(17)20-15-18-10-7-4-8-11(21)12(10)13(19-15)9-5-2-1-3-6-9;/h1-8,21H,(H4,16,17,18,19,20);1H. The summed E-state index contributed by atoms with van der Waals surface area (Å²) < 4.78 is 0. The normalized spacial score (nSPS) is 10.0. The van der Waals surface area contributed by atoms with E-state index in [0.717, 1.165) is 5.56 Å². The molecule has 0 atom stereocenters. The fourth-order valence-electron chi connectivity index (χ4n) is 2.15. The topological polar surface area (TPSA) is 112 Å². The van der Waals surface area contributed by atoms with Gasteiger partial charge in [0.05, 0.1) is 5.39 Å². The van der Waals surface area contributed by atoms with Gasteiger partial charge in [0.1, 0.15) is 17.0 Å². The van der Waals surface area contributed by atoms with Gasteiger partial charge in [0.2, 0.25) is 0 Å². The Labute approximate surface area is 132 Å². The van der Waals surface area contributed by atoms with E-state index in [0.29, 0.717) is 16.6 Å². The largest absolute Gasteiger partial charge is 1.00 e. The second kappa shape index (κ2) is 6.28. The molecule has 0 fully saturated rings. The van der Waals surface area contributed by atoms with Crippen molar-refractivity contribution in [3.8, 4) is 17.0 Å². The maximum Gasteiger partial charge on any atom is 0.354 e. The third-order valence-electron chi connectivity index (χ3n) is 3.00. The Balaban J connectivity index is 0.00000176. The molecule has 0 bridgehead atoms. The molecule has 0 amide bonds. The quantitative estimate of drug-likeness (QED) is 0.297. The number of hydrogen-bond acceptors (Lipinski definition) is 3. The first-order valence-electron chi connectivity index (χ1n) is 6.35. The first kappa shape index (κ1) is 15.5. The Morgan fingerprint density at radius 2 is 1.68 bits per heavy atom. The zero-order valence-electron chi connectivity index (χ0n) is 11.5. The number of benzene rings is 2. The zero-order chi connectivity index (χ0) is 14.8. The summed E-state index contributed by atoms with van der Waals surface area (Å²) in [5.74, 6) is 0.420. The number of nitrogens with zero attached hydrogens (tertiary/aromatic N) is 2. The highest BCUT2D eigenvalue weighted by Crippen LogP contribution is 2.32. The molecule has 0 saturated heterocycles. The van der Waals surface area contributed by atoms with E-state index in [2.05, 4.69) is 15.0 Å². The van der Waals surface area contributed by atoms with Crippen LogP contribution in [-0.2, 0) is 0 Å². The monoisotopic (exact) mass is 315 g/mol. The van der Waals surface area contributed by atoms with Crippen LogP contribution in [0.2, 0.25) is 0 Å². The Morgan fingerprint density at radius 3 is 2.36 bits per heavy atom. The molecule has 0 spiro atoms. The minimum Gasteiger partial charge on any atom is -1.00 e. The summed E-state index contributed by atoms with van der Waals surface area (Å²) >= 11 is 0. The second-order valence-electron chi connectivity index (χ2n) is 4.51. The molecule has 3 aromatic rings. The maximum atomic E-state index is 10.1. The average Bonchev–Trinajstić information content (AvgIpc) is 2.47. The SMILES string of the molecule is NC(N)=[NH+]c1nc(-c2ccccc2)c2c(O)cccc2n1.[Cl-]. The number of aromatic nitrogens is 2. The lowest BCUT2D eigenvalue weighted by Gasteiger charge is -2.05. The smallest absolute Gasteiger partial charge is 0.354 e. The number of phenols is 1. The number of nitrogens with one attached hydrogen (secondary N) is 1. The molecule has 3 rings (SSSR count). The molecule has 0 aliphatic rings. The van der Waals surface area contributed by atoms with E-state index in [1.165, 1.54) is 0 Å². The van der Waals surface area contributed by atoms with Crippen molar-refractivity contribution in [2.24, 2.45) is 11.5 Å². The van der Waals surface area contributed by atoms with Crippen LogP contribution < -0.4 is 28.9 Å². The summed E-state index contributed by atoms with van der Waals surface area (Å²) in [5, 5.41) is 10.7. The second-order valence-corrected chi connectivity index (χ2v) is 4.51. The molecule has 6 N–H and O–H groups in total.